The molecular formula is C13H17NO3. The molecule has 0 radical (unpaired) electrons. The van der Waals surface area contributed by atoms with E-state index >= 15 is 0 Å². The third-order valence-electron chi connectivity index (χ3n) is 3.09. The molecule has 1 fully saturated rings. The van der Waals surface area contributed by atoms with E-state index in [-0.39, 0.29) is 6.42 Å². The summed E-state index contributed by atoms with van der Waals surface area (Å²) in [7, 11) is 1.64. The summed E-state index contributed by atoms with van der Waals surface area (Å²) < 4.78 is 5.33. The van der Waals surface area contributed by atoms with Crippen LogP contribution in [-0.2, 0) is 11.2 Å². The van der Waals surface area contributed by atoms with E-state index in [4.69, 9.17) is 9.84 Å². The molecule has 0 spiro atoms. The molecule has 4 heteroatoms. The van der Waals surface area contributed by atoms with E-state index < -0.39 is 5.97 Å². The van der Waals surface area contributed by atoms with Gasteiger partial charge in [-0.05, 0) is 37.1 Å². The molecule has 0 bridgehead atoms. The molecule has 1 aromatic rings. The minimum absolute atomic E-state index is 0.0592. The van der Waals surface area contributed by atoms with Gasteiger partial charge < -0.3 is 15.2 Å². The molecule has 0 aromatic heterocycles. The van der Waals surface area contributed by atoms with Crippen molar-refractivity contribution in [3.05, 3.63) is 29.3 Å². The van der Waals surface area contributed by atoms with Crippen LogP contribution in [-0.4, -0.2) is 24.7 Å². The van der Waals surface area contributed by atoms with Crippen LogP contribution in [0.4, 0.5) is 0 Å². The highest BCUT2D eigenvalue weighted by molar-refractivity contribution is 5.70. The highest BCUT2D eigenvalue weighted by Crippen LogP contribution is 2.31. The van der Waals surface area contributed by atoms with Crippen molar-refractivity contribution in [3.63, 3.8) is 0 Å². The lowest BCUT2D eigenvalue weighted by molar-refractivity contribution is -0.136. The number of carboxylic acid groups (broad SMARTS) is 1. The summed E-state index contributed by atoms with van der Waals surface area (Å²) in [5, 5.41) is 12.2. The van der Waals surface area contributed by atoms with Gasteiger partial charge in [0.1, 0.15) is 5.75 Å². The molecule has 1 atom stereocenters. The van der Waals surface area contributed by atoms with Crippen molar-refractivity contribution in [1.82, 2.24) is 5.32 Å². The summed E-state index contributed by atoms with van der Waals surface area (Å²) >= 11 is 0. The summed E-state index contributed by atoms with van der Waals surface area (Å²) in [6, 6.07) is 5.90. The number of hydrogen-bond donors (Lipinski definition) is 2. The molecule has 0 unspecified atom stereocenters. The summed E-state index contributed by atoms with van der Waals surface area (Å²) in [6.45, 7) is 1.01. The van der Waals surface area contributed by atoms with Gasteiger partial charge in [-0.1, -0.05) is 6.07 Å². The monoisotopic (exact) mass is 235 g/mol. The number of aliphatic carboxylic acids is 1. The predicted octanol–water partition coefficient (Wildman–Crippen LogP) is 1.75. The lowest BCUT2D eigenvalue weighted by atomic mass is 10.00. The smallest absolute Gasteiger partial charge is 0.307 e. The van der Waals surface area contributed by atoms with Crippen molar-refractivity contribution < 1.29 is 14.6 Å². The Bertz CT molecular complexity index is 411. The Labute approximate surface area is 101 Å². The van der Waals surface area contributed by atoms with Crippen LogP contribution in [0.25, 0.3) is 0 Å². The molecule has 1 aliphatic rings. The molecular weight excluding hydrogens is 218 g/mol. The molecule has 92 valence electrons. The van der Waals surface area contributed by atoms with Crippen LogP contribution in [0, 0.1) is 0 Å². The molecule has 1 aromatic carbocycles. The highest BCUT2D eigenvalue weighted by Gasteiger charge is 2.20. The topological polar surface area (TPSA) is 58.6 Å². The number of carboxylic acids is 1. The maximum atomic E-state index is 10.7. The van der Waals surface area contributed by atoms with E-state index in [1.54, 1.807) is 7.11 Å². The Morgan fingerprint density at radius 2 is 2.41 bits per heavy atom. The average Bonchev–Trinajstić information content (AvgIpc) is 2.81. The summed E-state index contributed by atoms with van der Waals surface area (Å²) in [5.74, 6) is 0.0269. The number of ether oxygens (including phenoxy) is 1. The van der Waals surface area contributed by atoms with Gasteiger partial charge in [0.25, 0.3) is 0 Å². The summed E-state index contributed by atoms with van der Waals surface area (Å²) in [5.41, 5.74) is 1.89. The third-order valence-corrected chi connectivity index (χ3v) is 3.09. The van der Waals surface area contributed by atoms with Crippen molar-refractivity contribution >= 4 is 5.97 Å². The number of methoxy groups -OCH3 is 1. The predicted molar refractivity (Wildman–Crippen MR) is 64.3 cm³/mol. The van der Waals surface area contributed by atoms with Crippen LogP contribution in [0.2, 0.25) is 0 Å². The van der Waals surface area contributed by atoms with Gasteiger partial charge in [-0.25, -0.2) is 0 Å². The Morgan fingerprint density at radius 1 is 1.59 bits per heavy atom. The Balaban J connectivity index is 2.28. The van der Waals surface area contributed by atoms with Crippen LogP contribution >= 0.6 is 0 Å². The first-order valence-corrected chi connectivity index (χ1v) is 5.82. The van der Waals surface area contributed by atoms with Gasteiger partial charge in [0.15, 0.2) is 0 Å². The average molecular weight is 235 g/mol. The van der Waals surface area contributed by atoms with Crippen LogP contribution in [0.15, 0.2) is 18.2 Å². The van der Waals surface area contributed by atoms with Crippen molar-refractivity contribution in [2.75, 3.05) is 13.7 Å². The maximum absolute atomic E-state index is 10.7. The van der Waals surface area contributed by atoms with Crippen molar-refractivity contribution in [2.45, 2.75) is 25.3 Å². The van der Waals surface area contributed by atoms with Gasteiger partial charge in [-0.3, -0.25) is 4.79 Å². The molecule has 1 saturated heterocycles. The zero-order chi connectivity index (χ0) is 12.3. The molecule has 0 amide bonds. The second-order valence-corrected chi connectivity index (χ2v) is 4.30. The van der Waals surface area contributed by atoms with Gasteiger partial charge in [0.05, 0.1) is 13.5 Å². The SMILES string of the molecule is COc1ccc(CC(=O)O)cc1[C@@H]1CCCN1. The maximum Gasteiger partial charge on any atom is 0.307 e. The number of rotatable bonds is 4. The second kappa shape index (κ2) is 5.19. The van der Waals surface area contributed by atoms with Gasteiger partial charge in [0.2, 0.25) is 0 Å². The van der Waals surface area contributed by atoms with E-state index in [0.717, 1.165) is 36.3 Å². The summed E-state index contributed by atoms with van der Waals surface area (Å²) in [6.07, 6.45) is 2.29. The Hall–Kier alpha value is -1.55. The van der Waals surface area contributed by atoms with E-state index in [0.29, 0.717) is 6.04 Å². The van der Waals surface area contributed by atoms with Crippen LogP contribution < -0.4 is 10.1 Å². The van der Waals surface area contributed by atoms with E-state index in [1.165, 1.54) is 0 Å². The first kappa shape index (κ1) is 11.9. The number of nitrogens with one attached hydrogen (secondary N) is 1. The van der Waals surface area contributed by atoms with E-state index in [9.17, 15) is 4.79 Å². The van der Waals surface area contributed by atoms with Gasteiger partial charge in [-0.15, -0.1) is 0 Å². The van der Waals surface area contributed by atoms with Crippen LogP contribution in [0.3, 0.4) is 0 Å². The van der Waals surface area contributed by atoms with E-state index in [1.807, 2.05) is 18.2 Å². The first-order valence-electron chi connectivity index (χ1n) is 5.82. The van der Waals surface area contributed by atoms with E-state index in [2.05, 4.69) is 5.32 Å². The summed E-state index contributed by atoms with van der Waals surface area (Å²) in [4.78, 5) is 10.7. The van der Waals surface area contributed by atoms with Crippen molar-refractivity contribution in [3.8, 4) is 5.75 Å². The molecule has 2 rings (SSSR count). The molecule has 1 aliphatic heterocycles. The molecule has 0 aliphatic carbocycles. The van der Waals surface area contributed by atoms with Crippen molar-refractivity contribution in [2.24, 2.45) is 0 Å². The van der Waals surface area contributed by atoms with Gasteiger partial charge in [0, 0.05) is 11.6 Å². The van der Waals surface area contributed by atoms with Crippen LogP contribution in [0.5, 0.6) is 5.75 Å². The standard InChI is InChI=1S/C13H17NO3/c1-17-12-5-4-9(8-13(15)16)7-10(12)11-3-2-6-14-11/h4-5,7,11,14H,2-3,6,8H2,1H3,(H,15,16)/t11-/m0/s1. The Kier molecular flexibility index (Phi) is 3.64. The fourth-order valence-corrected chi connectivity index (χ4v) is 2.29. The lowest BCUT2D eigenvalue weighted by Gasteiger charge is -2.16. The van der Waals surface area contributed by atoms with Crippen LogP contribution in [0.1, 0.15) is 30.0 Å². The number of hydrogen-bond acceptors (Lipinski definition) is 3. The molecule has 17 heavy (non-hydrogen) atoms. The normalized spacial score (nSPS) is 19.2. The lowest BCUT2D eigenvalue weighted by Crippen LogP contribution is -2.14. The molecule has 4 nitrogen and oxygen atoms in total. The minimum Gasteiger partial charge on any atom is -0.496 e. The zero-order valence-corrected chi connectivity index (χ0v) is 9.90. The zero-order valence-electron chi connectivity index (χ0n) is 9.90. The minimum atomic E-state index is -0.805. The fraction of sp³-hybridized carbons (Fsp3) is 0.462. The number of benzene rings is 1. The Morgan fingerprint density at radius 3 is 3.00 bits per heavy atom. The number of carbonyl (C=O) groups is 1. The molecule has 2 N–H and O–H groups in total. The largest absolute Gasteiger partial charge is 0.496 e. The highest BCUT2D eigenvalue weighted by atomic mass is 16.5. The molecule has 0 saturated carbocycles. The van der Waals surface area contributed by atoms with Crippen molar-refractivity contribution in [1.29, 1.82) is 0 Å². The molecule has 1 heterocycles. The van der Waals surface area contributed by atoms with Gasteiger partial charge in [-0.2, -0.15) is 0 Å². The second-order valence-electron chi connectivity index (χ2n) is 4.30. The quantitative estimate of drug-likeness (QED) is 0.834. The fourth-order valence-electron chi connectivity index (χ4n) is 2.29. The van der Waals surface area contributed by atoms with Gasteiger partial charge >= 0.3 is 5.97 Å². The third kappa shape index (κ3) is 2.77. The first-order chi connectivity index (χ1) is 8.20.